The third kappa shape index (κ3) is 8.06. The van der Waals surface area contributed by atoms with Crippen LogP contribution in [0.25, 0.3) is 0 Å². The topological polar surface area (TPSA) is 86.8 Å². The zero-order valence-corrected chi connectivity index (χ0v) is 24.7. The lowest BCUT2D eigenvalue weighted by atomic mass is 10.0. The number of nitrogens with zero attached hydrogens (tertiary/aromatic N) is 2. The molecule has 1 atom stereocenters. The van der Waals surface area contributed by atoms with Gasteiger partial charge in [-0.1, -0.05) is 76.1 Å². The van der Waals surface area contributed by atoms with E-state index in [2.05, 4.69) is 21.2 Å². The van der Waals surface area contributed by atoms with Crippen molar-refractivity contribution in [3.8, 4) is 0 Å². The van der Waals surface area contributed by atoms with Crippen LogP contribution in [0.5, 0.6) is 0 Å². The summed E-state index contributed by atoms with van der Waals surface area (Å²) in [6.45, 7) is 3.63. The number of carbonyl (C=O) groups is 2. The molecular weight excluding hydrogens is 590 g/mol. The molecule has 0 aliphatic heterocycles. The first kappa shape index (κ1) is 29.7. The molecule has 0 bridgehead atoms. The van der Waals surface area contributed by atoms with Gasteiger partial charge in [0.1, 0.15) is 12.6 Å². The normalized spacial score (nSPS) is 12.0. The van der Waals surface area contributed by atoms with Crippen molar-refractivity contribution in [1.29, 1.82) is 0 Å². The number of hydrogen-bond acceptors (Lipinski definition) is 4. The highest BCUT2D eigenvalue weighted by Gasteiger charge is 2.33. The van der Waals surface area contributed by atoms with Crippen LogP contribution in [0.4, 0.5) is 5.69 Å². The molecule has 2 amide bonds. The van der Waals surface area contributed by atoms with Crippen LogP contribution in [-0.2, 0) is 32.6 Å². The standard InChI is InChI=1S/C28H31BrClN3O4S/c1-4-31-28(35)26(16-21-9-6-5-7-10-21)32(18-22-11-8-12-23(29)15-22)27(34)19-33(38(3,36)37)24-14-13-20(2)25(30)17-24/h5-15,17,26H,4,16,18-19H2,1-3H3,(H,31,35)/t26-/m1/s1. The number of amides is 2. The van der Waals surface area contributed by atoms with E-state index in [4.69, 9.17) is 11.6 Å². The number of halogens is 2. The molecule has 202 valence electrons. The molecule has 0 saturated heterocycles. The van der Waals surface area contributed by atoms with Crippen LogP contribution < -0.4 is 9.62 Å². The lowest BCUT2D eigenvalue weighted by molar-refractivity contribution is -0.140. The van der Waals surface area contributed by atoms with Gasteiger partial charge in [0, 0.05) is 29.0 Å². The number of nitrogens with one attached hydrogen (secondary N) is 1. The molecule has 1 N–H and O–H groups in total. The average molecular weight is 621 g/mol. The van der Waals surface area contributed by atoms with Gasteiger partial charge in [0.2, 0.25) is 21.8 Å². The minimum Gasteiger partial charge on any atom is -0.355 e. The lowest BCUT2D eigenvalue weighted by Gasteiger charge is -2.33. The number of rotatable bonds is 11. The van der Waals surface area contributed by atoms with Crippen molar-refractivity contribution in [2.75, 3.05) is 23.7 Å². The second-order valence-corrected chi connectivity index (χ2v) is 12.2. The van der Waals surface area contributed by atoms with Crippen molar-refractivity contribution < 1.29 is 18.0 Å². The molecule has 0 fully saturated rings. The molecule has 0 aliphatic carbocycles. The van der Waals surface area contributed by atoms with Crippen LogP contribution in [0.1, 0.15) is 23.6 Å². The maximum Gasteiger partial charge on any atom is 0.244 e. The van der Waals surface area contributed by atoms with Gasteiger partial charge >= 0.3 is 0 Å². The molecule has 0 heterocycles. The van der Waals surface area contributed by atoms with Crippen LogP contribution in [0.15, 0.2) is 77.3 Å². The summed E-state index contributed by atoms with van der Waals surface area (Å²) >= 11 is 9.73. The Morgan fingerprint density at radius 2 is 1.68 bits per heavy atom. The molecule has 3 rings (SSSR count). The fraction of sp³-hybridized carbons (Fsp3) is 0.286. The Balaban J connectivity index is 2.05. The molecule has 0 spiro atoms. The molecule has 10 heteroatoms. The van der Waals surface area contributed by atoms with Gasteiger partial charge in [0.05, 0.1) is 11.9 Å². The SMILES string of the molecule is CCNC(=O)[C@@H](Cc1ccccc1)N(Cc1cccc(Br)c1)C(=O)CN(c1ccc(C)c(Cl)c1)S(C)(=O)=O. The van der Waals surface area contributed by atoms with Crippen LogP contribution in [-0.4, -0.2) is 50.5 Å². The van der Waals surface area contributed by atoms with Crippen LogP contribution in [0.2, 0.25) is 5.02 Å². The maximum atomic E-state index is 14.0. The molecule has 0 aliphatic rings. The first-order valence-electron chi connectivity index (χ1n) is 12.1. The number of aryl methyl sites for hydroxylation is 1. The number of benzene rings is 3. The molecule has 0 aromatic heterocycles. The van der Waals surface area contributed by atoms with E-state index in [-0.39, 0.29) is 24.6 Å². The minimum absolute atomic E-state index is 0.110. The Labute approximate surface area is 238 Å². The quantitative estimate of drug-likeness (QED) is 0.329. The predicted octanol–water partition coefficient (Wildman–Crippen LogP) is 4.95. The first-order valence-corrected chi connectivity index (χ1v) is 15.1. The Bertz CT molecular complexity index is 1390. The summed E-state index contributed by atoms with van der Waals surface area (Å²) in [6, 6.07) is 20.8. The van der Waals surface area contributed by atoms with Gasteiger partial charge in [-0.25, -0.2) is 8.42 Å². The zero-order chi connectivity index (χ0) is 27.9. The van der Waals surface area contributed by atoms with Crippen molar-refractivity contribution in [3.05, 3.63) is 99.0 Å². The molecular formula is C28H31BrClN3O4S. The Hall–Kier alpha value is -2.88. The molecule has 0 unspecified atom stereocenters. The molecule has 3 aromatic carbocycles. The van der Waals surface area contributed by atoms with Gasteiger partial charge in [0.15, 0.2) is 0 Å². The molecule has 0 saturated carbocycles. The van der Waals surface area contributed by atoms with Gasteiger partial charge in [-0.15, -0.1) is 0 Å². The van der Waals surface area contributed by atoms with Crippen molar-refractivity contribution in [2.45, 2.75) is 32.9 Å². The largest absolute Gasteiger partial charge is 0.355 e. The van der Waals surface area contributed by atoms with Crippen molar-refractivity contribution in [3.63, 3.8) is 0 Å². The minimum atomic E-state index is -3.85. The first-order chi connectivity index (χ1) is 18.0. The van der Waals surface area contributed by atoms with Crippen LogP contribution in [0, 0.1) is 6.92 Å². The van der Waals surface area contributed by atoms with Crippen LogP contribution in [0.3, 0.4) is 0 Å². The van der Waals surface area contributed by atoms with E-state index in [0.717, 1.165) is 31.7 Å². The molecule has 38 heavy (non-hydrogen) atoms. The van der Waals surface area contributed by atoms with Crippen LogP contribution >= 0.6 is 27.5 Å². The van der Waals surface area contributed by atoms with E-state index in [1.165, 1.54) is 11.0 Å². The van der Waals surface area contributed by atoms with Gasteiger partial charge in [-0.05, 0) is 54.8 Å². The third-order valence-corrected chi connectivity index (χ3v) is 8.03. The van der Waals surface area contributed by atoms with Gasteiger partial charge in [0.25, 0.3) is 0 Å². The summed E-state index contributed by atoms with van der Waals surface area (Å²) in [7, 11) is -3.85. The summed E-state index contributed by atoms with van der Waals surface area (Å²) in [5.74, 6) is -0.830. The molecule has 7 nitrogen and oxygen atoms in total. The average Bonchev–Trinajstić information content (AvgIpc) is 2.86. The highest BCUT2D eigenvalue weighted by molar-refractivity contribution is 9.10. The Morgan fingerprint density at radius 1 is 1.00 bits per heavy atom. The van der Waals surface area contributed by atoms with Crippen molar-refractivity contribution in [1.82, 2.24) is 10.2 Å². The van der Waals surface area contributed by atoms with Crippen molar-refractivity contribution >= 4 is 55.1 Å². The predicted molar refractivity (Wildman–Crippen MR) is 156 cm³/mol. The number of likely N-dealkylation sites (N-methyl/N-ethyl adjacent to an activating group) is 1. The Kier molecular flexibility index (Phi) is 10.4. The van der Waals surface area contributed by atoms with E-state index in [0.29, 0.717) is 11.6 Å². The number of hydrogen-bond donors (Lipinski definition) is 1. The Morgan fingerprint density at radius 3 is 2.29 bits per heavy atom. The molecule has 3 aromatic rings. The summed E-state index contributed by atoms with van der Waals surface area (Å²) in [4.78, 5) is 28.7. The fourth-order valence-electron chi connectivity index (χ4n) is 4.03. The summed E-state index contributed by atoms with van der Waals surface area (Å²) < 4.78 is 27.5. The van der Waals surface area contributed by atoms with E-state index >= 15 is 0 Å². The summed E-state index contributed by atoms with van der Waals surface area (Å²) in [5.41, 5.74) is 2.72. The van der Waals surface area contributed by atoms with E-state index in [9.17, 15) is 18.0 Å². The smallest absolute Gasteiger partial charge is 0.244 e. The van der Waals surface area contributed by atoms with Gasteiger partial charge in [-0.3, -0.25) is 13.9 Å². The highest BCUT2D eigenvalue weighted by atomic mass is 79.9. The van der Waals surface area contributed by atoms with E-state index in [1.807, 2.05) is 68.4 Å². The highest BCUT2D eigenvalue weighted by Crippen LogP contribution is 2.26. The third-order valence-electron chi connectivity index (χ3n) is 5.99. The monoisotopic (exact) mass is 619 g/mol. The van der Waals surface area contributed by atoms with E-state index < -0.39 is 28.5 Å². The summed E-state index contributed by atoms with van der Waals surface area (Å²) in [5, 5.41) is 3.22. The second-order valence-electron chi connectivity index (χ2n) is 8.95. The van der Waals surface area contributed by atoms with Gasteiger partial charge < -0.3 is 10.2 Å². The number of anilines is 1. The molecule has 0 radical (unpaired) electrons. The fourth-order valence-corrected chi connectivity index (χ4v) is 5.49. The van der Waals surface area contributed by atoms with Gasteiger partial charge in [-0.2, -0.15) is 0 Å². The number of sulfonamides is 1. The zero-order valence-electron chi connectivity index (χ0n) is 21.5. The maximum absolute atomic E-state index is 14.0. The lowest BCUT2D eigenvalue weighted by Crippen LogP contribution is -2.53. The van der Waals surface area contributed by atoms with E-state index in [1.54, 1.807) is 12.1 Å². The summed E-state index contributed by atoms with van der Waals surface area (Å²) in [6.07, 6.45) is 1.31. The second kappa shape index (κ2) is 13.3. The van der Waals surface area contributed by atoms with Crippen molar-refractivity contribution in [2.24, 2.45) is 0 Å². The number of carbonyl (C=O) groups excluding carboxylic acids is 2.